The number of hydrogen-bond acceptors (Lipinski definition) is 2. The highest BCUT2D eigenvalue weighted by atomic mass is 16.1. The molecule has 1 amide bonds. The van der Waals surface area contributed by atoms with Crippen LogP contribution in [-0.2, 0) is 0 Å². The van der Waals surface area contributed by atoms with Gasteiger partial charge in [-0.1, -0.05) is 26.0 Å². The molecule has 0 spiro atoms. The van der Waals surface area contributed by atoms with Crippen molar-refractivity contribution in [2.75, 3.05) is 11.9 Å². The normalized spacial score (nSPS) is 20.2. The fourth-order valence-corrected chi connectivity index (χ4v) is 2.35. The smallest absolute Gasteiger partial charge is 0.253 e. The quantitative estimate of drug-likeness (QED) is 0.853. The molecule has 1 unspecified atom stereocenters. The van der Waals surface area contributed by atoms with Gasteiger partial charge in [-0.05, 0) is 43.7 Å². The van der Waals surface area contributed by atoms with Crippen molar-refractivity contribution < 1.29 is 4.79 Å². The molecule has 1 saturated carbocycles. The molecule has 3 heteroatoms. The van der Waals surface area contributed by atoms with Crippen LogP contribution >= 0.6 is 0 Å². The Kier molecular flexibility index (Phi) is 3.83. The summed E-state index contributed by atoms with van der Waals surface area (Å²) in [6.07, 6.45) is 1.21. The Bertz CT molecular complexity index is 466. The lowest BCUT2D eigenvalue weighted by Crippen LogP contribution is -2.27. The first-order valence-corrected chi connectivity index (χ1v) is 7.04. The van der Waals surface area contributed by atoms with Crippen LogP contribution in [0.15, 0.2) is 24.3 Å². The van der Waals surface area contributed by atoms with Crippen LogP contribution < -0.4 is 10.6 Å². The van der Waals surface area contributed by atoms with E-state index < -0.39 is 0 Å². The highest BCUT2D eigenvalue weighted by Crippen LogP contribution is 2.50. The second kappa shape index (κ2) is 5.24. The van der Waals surface area contributed by atoms with Gasteiger partial charge < -0.3 is 10.6 Å². The van der Waals surface area contributed by atoms with Crippen molar-refractivity contribution in [2.24, 2.45) is 11.3 Å². The average molecular weight is 260 g/mol. The minimum Gasteiger partial charge on any atom is -0.382 e. The molecule has 1 aliphatic rings. The monoisotopic (exact) mass is 260 g/mol. The van der Waals surface area contributed by atoms with Gasteiger partial charge in [-0.2, -0.15) is 0 Å². The minimum absolute atomic E-state index is 0.0199. The summed E-state index contributed by atoms with van der Waals surface area (Å²) in [5.74, 6) is 0.646. The maximum atomic E-state index is 12.2. The average Bonchev–Trinajstić information content (AvgIpc) is 2.94. The van der Waals surface area contributed by atoms with E-state index >= 15 is 0 Å². The summed E-state index contributed by atoms with van der Waals surface area (Å²) in [5.41, 5.74) is 2.04. The van der Waals surface area contributed by atoms with E-state index in [4.69, 9.17) is 0 Å². The van der Waals surface area contributed by atoms with Crippen LogP contribution in [-0.4, -0.2) is 18.5 Å². The summed E-state index contributed by atoms with van der Waals surface area (Å²) in [5, 5.41) is 6.36. The molecule has 0 heterocycles. The Morgan fingerprint density at radius 2 is 2.00 bits per heavy atom. The zero-order valence-corrected chi connectivity index (χ0v) is 12.3. The molecule has 0 bridgehead atoms. The van der Waals surface area contributed by atoms with Crippen molar-refractivity contribution in [1.29, 1.82) is 0 Å². The van der Waals surface area contributed by atoms with Gasteiger partial charge in [-0.3, -0.25) is 4.79 Å². The molecule has 19 heavy (non-hydrogen) atoms. The topological polar surface area (TPSA) is 41.1 Å². The Morgan fingerprint density at radius 3 is 2.58 bits per heavy atom. The molecule has 1 aromatic carbocycles. The highest BCUT2D eigenvalue weighted by Gasteiger charge is 2.45. The molecule has 2 N–H and O–H groups in total. The van der Waals surface area contributed by atoms with E-state index in [1.807, 2.05) is 24.3 Å². The predicted molar refractivity (Wildman–Crippen MR) is 79.4 cm³/mol. The van der Waals surface area contributed by atoms with Gasteiger partial charge in [0.2, 0.25) is 0 Å². The molecule has 1 atom stereocenters. The van der Waals surface area contributed by atoms with E-state index in [0.717, 1.165) is 17.8 Å². The third-order valence-electron chi connectivity index (χ3n) is 3.84. The molecule has 0 aromatic heterocycles. The van der Waals surface area contributed by atoms with Crippen molar-refractivity contribution in [1.82, 2.24) is 5.32 Å². The van der Waals surface area contributed by atoms with Crippen LogP contribution in [0.4, 0.5) is 5.69 Å². The largest absolute Gasteiger partial charge is 0.382 e. The first-order chi connectivity index (χ1) is 8.90. The molecule has 104 valence electrons. The van der Waals surface area contributed by atoms with Crippen LogP contribution in [0.1, 0.15) is 44.5 Å². The second-order valence-electron chi connectivity index (χ2n) is 6.44. The molecular weight excluding hydrogens is 236 g/mol. The third-order valence-corrected chi connectivity index (χ3v) is 3.84. The zero-order valence-electron chi connectivity index (χ0n) is 12.3. The first-order valence-electron chi connectivity index (χ1n) is 7.04. The van der Waals surface area contributed by atoms with Crippen molar-refractivity contribution in [3.8, 4) is 0 Å². The number of para-hydroxylation sites is 1. The summed E-state index contributed by atoms with van der Waals surface area (Å²) in [6.45, 7) is 9.42. The number of benzene rings is 1. The van der Waals surface area contributed by atoms with Gasteiger partial charge in [0.25, 0.3) is 5.91 Å². The van der Waals surface area contributed by atoms with Crippen molar-refractivity contribution >= 4 is 11.6 Å². The van der Waals surface area contributed by atoms with Gasteiger partial charge in [0, 0.05) is 18.3 Å². The standard InChI is InChI=1S/C16H24N2O/c1-11(2)18-14-8-6-5-7-13(14)15(19)17-10-12-9-16(12,3)4/h5-8,11-12,18H,9-10H2,1-4H3,(H,17,19). The summed E-state index contributed by atoms with van der Waals surface area (Å²) in [7, 11) is 0. The third kappa shape index (κ3) is 3.49. The van der Waals surface area contributed by atoms with Gasteiger partial charge >= 0.3 is 0 Å². The highest BCUT2D eigenvalue weighted by molar-refractivity contribution is 5.99. The number of hydrogen-bond donors (Lipinski definition) is 2. The van der Waals surface area contributed by atoms with Gasteiger partial charge in [0.15, 0.2) is 0 Å². The fraction of sp³-hybridized carbons (Fsp3) is 0.562. The summed E-state index contributed by atoms with van der Waals surface area (Å²) >= 11 is 0. The zero-order chi connectivity index (χ0) is 14.0. The van der Waals surface area contributed by atoms with Gasteiger partial charge in [-0.15, -0.1) is 0 Å². The lowest BCUT2D eigenvalue weighted by Gasteiger charge is -2.14. The first kappa shape index (κ1) is 13.9. The number of carbonyl (C=O) groups is 1. The summed E-state index contributed by atoms with van der Waals surface area (Å²) in [4.78, 5) is 12.2. The molecule has 3 nitrogen and oxygen atoms in total. The molecule has 0 aliphatic heterocycles. The molecule has 1 aromatic rings. The van der Waals surface area contributed by atoms with Crippen LogP contribution in [0.5, 0.6) is 0 Å². The van der Waals surface area contributed by atoms with Crippen molar-refractivity contribution in [3.63, 3.8) is 0 Å². The fourth-order valence-electron chi connectivity index (χ4n) is 2.35. The lowest BCUT2D eigenvalue weighted by molar-refractivity contribution is 0.0951. The number of rotatable bonds is 5. The van der Waals surface area contributed by atoms with Crippen LogP contribution in [0.25, 0.3) is 0 Å². The van der Waals surface area contributed by atoms with E-state index in [1.165, 1.54) is 6.42 Å². The Hall–Kier alpha value is -1.51. The number of anilines is 1. The maximum absolute atomic E-state index is 12.2. The molecule has 1 aliphatic carbocycles. The van der Waals surface area contributed by atoms with Crippen LogP contribution in [0.2, 0.25) is 0 Å². The second-order valence-corrected chi connectivity index (χ2v) is 6.44. The van der Waals surface area contributed by atoms with Crippen LogP contribution in [0, 0.1) is 11.3 Å². The van der Waals surface area contributed by atoms with E-state index in [0.29, 0.717) is 17.4 Å². The van der Waals surface area contributed by atoms with Crippen molar-refractivity contribution in [3.05, 3.63) is 29.8 Å². The lowest BCUT2D eigenvalue weighted by atomic mass is 10.1. The van der Waals surface area contributed by atoms with Crippen molar-refractivity contribution in [2.45, 2.75) is 40.2 Å². The van der Waals surface area contributed by atoms with E-state index in [2.05, 4.69) is 38.3 Å². The van der Waals surface area contributed by atoms with E-state index in [1.54, 1.807) is 0 Å². The Labute approximate surface area is 115 Å². The van der Waals surface area contributed by atoms with E-state index in [-0.39, 0.29) is 5.91 Å². The Balaban J connectivity index is 1.98. The summed E-state index contributed by atoms with van der Waals surface area (Å²) < 4.78 is 0. The SMILES string of the molecule is CC(C)Nc1ccccc1C(=O)NCC1CC1(C)C. The maximum Gasteiger partial charge on any atom is 0.253 e. The van der Waals surface area contributed by atoms with Gasteiger partial charge in [-0.25, -0.2) is 0 Å². The molecule has 0 saturated heterocycles. The number of amides is 1. The number of carbonyl (C=O) groups excluding carboxylic acids is 1. The molecule has 2 rings (SSSR count). The molecule has 0 radical (unpaired) electrons. The molecular formula is C16H24N2O. The molecule has 1 fully saturated rings. The minimum atomic E-state index is 0.0199. The summed E-state index contributed by atoms with van der Waals surface area (Å²) in [6, 6.07) is 8.00. The van der Waals surface area contributed by atoms with Gasteiger partial charge in [0.05, 0.1) is 5.56 Å². The number of nitrogens with one attached hydrogen (secondary N) is 2. The van der Waals surface area contributed by atoms with E-state index in [9.17, 15) is 4.79 Å². The van der Waals surface area contributed by atoms with Crippen LogP contribution in [0.3, 0.4) is 0 Å². The van der Waals surface area contributed by atoms with Gasteiger partial charge in [0.1, 0.15) is 0 Å². The Morgan fingerprint density at radius 1 is 1.37 bits per heavy atom. The predicted octanol–water partition coefficient (Wildman–Crippen LogP) is 3.28.